The first kappa shape index (κ1) is 18.2. The van der Waals surface area contributed by atoms with Crippen molar-refractivity contribution in [2.45, 2.75) is 5.92 Å². The van der Waals surface area contributed by atoms with Gasteiger partial charge in [0.1, 0.15) is 0 Å². The van der Waals surface area contributed by atoms with Gasteiger partial charge in [0.2, 0.25) is 5.91 Å². The van der Waals surface area contributed by atoms with Crippen molar-refractivity contribution >= 4 is 35.0 Å². The van der Waals surface area contributed by atoms with Crippen molar-refractivity contribution < 1.29 is 9.59 Å². The van der Waals surface area contributed by atoms with Crippen molar-refractivity contribution in [3.05, 3.63) is 69.2 Å². The lowest BCUT2D eigenvalue weighted by Gasteiger charge is -2.17. The predicted octanol–water partition coefficient (Wildman–Crippen LogP) is 3.21. The number of carbonyl (C=O) groups is 2. The minimum atomic E-state index is -0.505. The monoisotopic (exact) mass is 387 g/mol. The Morgan fingerprint density at radius 1 is 1.08 bits per heavy atom. The second kappa shape index (κ2) is 7.36. The number of benzene rings is 2. The summed E-state index contributed by atoms with van der Waals surface area (Å²) in [5.74, 6) is -1.42. The molecule has 2 N–H and O–H groups in total. The summed E-state index contributed by atoms with van der Waals surface area (Å²) < 4.78 is 0. The number of halogens is 2. The summed E-state index contributed by atoms with van der Waals surface area (Å²) in [4.78, 5) is 26.3. The lowest BCUT2D eigenvalue weighted by Crippen LogP contribution is -2.32. The molecule has 1 heterocycles. The fraction of sp³-hybridized carbons (Fsp3) is 0.211. The first-order valence-electron chi connectivity index (χ1n) is 7.94. The molecule has 0 unspecified atom stereocenters. The molecule has 132 valence electrons. The smallest absolute Gasteiger partial charge is 0.253 e. The minimum Gasteiger partial charge on any atom is -0.369 e. The third kappa shape index (κ3) is 3.52. The number of amides is 2. The fourth-order valence-corrected chi connectivity index (χ4v) is 3.52. The van der Waals surface area contributed by atoms with Crippen LogP contribution < -0.4 is 5.73 Å². The van der Waals surface area contributed by atoms with Crippen LogP contribution in [0.2, 0.25) is 10.0 Å². The van der Waals surface area contributed by atoms with E-state index in [1.807, 2.05) is 6.07 Å². The molecule has 3 rings (SSSR count). The van der Waals surface area contributed by atoms with Crippen molar-refractivity contribution in [2.75, 3.05) is 13.1 Å². The average Bonchev–Trinajstić information content (AvgIpc) is 3.09. The van der Waals surface area contributed by atoms with Crippen LogP contribution in [-0.2, 0) is 4.79 Å². The average molecular weight is 388 g/mol. The lowest BCUT2D eigenvalue weighted by molar-refractivity contribution is -0.121. The zero-order chi connectivity index (χ0) is 18.8. The van der Waals surface area contributed by atoms with E-state index in [4.69, 9.17) is 34.2 Å². The fourth-order valence-electron chi connectivity index (χ4n) is 3.21. The van der Waals surface area contributed by atoms with E-state index in [9.17, 15) is 9.59 Å². The molecule has 26 heavy (non-hydrogen) atoms. The highest BCUT2D eigenvalue weighted by Crippen LogP contribution is 2.36. The summed E-state index contributed by atoms with van der Waals surface area (Å²) >= 11 is 12.0. The first-order chi connectivity index (χ1) is 12.4. The topological polar surface area (TPSA) is 87.2 Å². The van der Waals surface area contributed by atoms with Gasteiger partial charge in [0, 0.05) is 24.6 Å². The minimum absolute atomic E-state index is 0.205. The molecule has 2 atom stereocenters. The van der Waals surface area contributed by atoms with E-state index in [2.05, 4.69) is 0 Å². The molecule has 2 aromatic carbocycles. The molecule has 5 nitrogen and oxygen atoms in total. The van der Waals surface area contributed by atoms with Gasteiger partial charge in [0.05, 0.1) is 27.6 Å². The van der Waals surface area contributed by atoms with E-state index in [-0.39, 0.29) is 18.4 Å². The van der Waals surface area contributed by atoms with Crippen LogP contribution in [0.3, 0.4) is 0 Å². The van der Waals surface area contributed by atoms with E-state index in [1.165, 1.54) is 0 Å². The molecule has 1 aliphatic heterocycles. The molecular weight excluding hydrogens is 373 g/mol. The van der Waals surface area contributed by atoms with E-state index >= 15 is 0 Å². The molecular formula is C19H15Cl2N3O2. The Morgan fingerprint density at radius 2 is 1.77 bits per heavy atom. The Labute approximate surface area is 160 Å². The molecule has 1 fully saturated rings. The van der Waals surface area contributed by atoms with Crippen LogP contribution in [0.1, 0.15) is 27.4 Å². The standard InChI is InChI=1S/C19H15Cl2N3O2/c20-16-6-5-13(7-17(16)21)14-9-24(10-15(14)18(23)25)19(26)12-3-1-11(8-22)2-4-12/h1-7,14-15H,9-10H2,(H2,23,25)/t14-,15+/m0/s1. The maximum absolute atomic E-state index is 12.8. The molecule has 1 saturated heterocycles. The van der Waals surface area contributed by atoms with Gasteiger partial charge >= 0.3 is 0 Å². The Bertz CT molecular complexity index is 906. The highest BCUT2D eigenvalue weighted by molar-refractivity contribution is 6.42. The number of hydrogen-bond donors (Lipinski definition) is 1. The molecule has 0 aromatic heterocycles. The summed E-state index contributed by atoms with van der Waals surface area (Å²) in [6, 6.07) is 13.6. The molecule has 0 spiro atoms. The van der Waals surface area contributed by atoms with E-state index in [1.54, 1.807) is 47.4 Å². The Kier molecular flexibility index (Phi) is 5.17. The summed E-state index contributed by atoms with van der Waals surface area (Å²) in [6.45, 7) is 0.587. The van der Waals surface area contributed by atoms with Crippen molar-refractivity contribution in [1.29, 1.82) is 5.26 Å². The van der Waals surface area contributed by atoms with Gasteiger partial charge in [-0.1, -0.05) is 29.3 Å². The second-order valence-corrected chi connectivity index (χ2v) is 7.00. The van der Waals surface area contributed by atoms with Gasteiger partial charge in [-0.15, -0.1) is 0 Å². The van der Waals surface area contributed by atoms with Crippen LogP contribution >= 0.6 is 23.2 Å². The number of likely N-dealkylation sites (tertiary alicyclic amines) is 1. The molecule has 7 heteroatoms. The Morgan fingerprint density at radius 3 is 2.35 bits per heavy atom. The summed E-state index contributed by atoms with van der Waals surface area (Å²) in [5.41, 5.74) is 7.32. The second-order valence-electron chi connectivity index (χ2n) is 6.19. The predicted molar refractivity (Wildman–Crippen MR) is 98.9 cm³/mol. The van der Waals surface area contributed by atoms with Crippen LogP contribution in [0.5, 0.6) is 0 Å². The molecule has 0 radical (unpaired) electrons. The highest BCUT2D eigenvalue weighted by atomic mass is 35.5. The Hall–Kier alpha value is -2.55. The molecule has 1 aliphatic rings. The number of hydrogen-bond acceptors (Lipinski definition) is 3. The van der Waals surface area contributed by atoms with Crippen LogP contribution in [0.25, 0.3) is 0 Å². The summed E-state index contributed by atoms with van der Waals surface area (Å²) in [5, 5.41) is 9.68. The zero-order valence-electron chi connectivity index (χ0n) is 13.7. The van der Waals surface area contributed by atoms with Gasteiger partial charge in [-0.2, -0.15) is 5.26 Å². The number of carbonyl (C=O) groups excluding carboxylic acids is 2. The molecule has 0 saturated carbocycles. The number of primary amides is 1. The van der Waals surface area contributed by atoms with Gasteiger partial charge < -0.3 is 10.6 Å². The van der Waals surface area contributed by atoms with Crippen molar-refractivity contribution in [3.63, 3.8) is 0 Å². The summed E-state index contributed by atoms with van der Waals surface area (Å²) in [7, 11) is 0. The van der Waals surface area contributed by atoms with Crippen molar-refractivity contribution in [3.8, 4) is 6.07 Å². The van der Waals surface area contributed by atoms with Crippen molar-refractivity contribution in [2.24, 2.45) is 11.7 Å². The number of nitrogens with zero attached hydrogens (tertiary/aromatic N) is 2. The quantitative estimate of drug-likeness (QED) is 0.876. The van der Waals surface area contributed by atoms with Gasteiger partial charge in [-0.05, 0) is 42.0 Å². The van der Waals surface area contributed by atoms with Crippen LogP contribution in [0, 0.1) is 17.2 Å². The summed E-state index contributed by atoms with van der Waals surface area (Å²) in [6.07, 6.45) is 0. The zero-order valence-corrected chi connectivity index (χ0v) is 15.2. The van der Waals surface area contributed by atoms with Gasteiger partial charge in [-0.3, -0.25) is 9.59 Å². The van der Waals surface area contributed by atoms with Gasteiger partial charge in [0.15, 0.2) is 0 Å². The third-order valence-corrected chi connectivity index (χ3v) is 5.34. The maximum Gasteiger partial charge on any atom is 0.253 e. The van der Waals surface area contributed by atoms with E-state index in [0.29, 0.717) is 27.7 Å². The van der Waals surface area contributed by atoms with Crippen LogP contribution in [0.15, 0.2) is 42.5 Å². The maximum atomic E-state index is 12.8. The van der Waals surface area contributed by atoms with E-state index < -0.39 is 11.8 Å². The normalized spacial score (nSPS) is 19.2. The highest BCUT2D eigenvalue weighted by Gasteiger charge is 2.39. The number of rotatable bonds is 3. The van der Waals surface area contributed by atoms with Crippen LogP contribution in [-0.4, -0.2) is 29.8 Å². The van der Waals surface area contributed by atoms with E-state index in [0.717, 1.165) is 5.56 Å². The van der Waals surface area contributed by atoms with Gasteiger partial charge in [0.25, 0.3) is 5.91 Å². The number of nitrogens with two attached hydrogens (primary N) is 1. The SMILES string of the molecule is N#Cc1ccc(C(=O)N2C[C@@H](C(N)=O)[C@H](c3ccc(Cl)c(Cl)c3)C2)cc1. The van der Waals surface area contributed by atoms with Crippen molar-refractivity contribution in [1.82, 2.24) is 4.90 Å². The lowest BCUT2D eigenvalue weighted by atomic mass is 9.88. The largest absolute Gasteiger partial charge is 0.369 e. The van der Waals surface area contributed by atoms with Gasteiger partial charge in [-0.25, -0.2) is 0 Å². The molecule has 0 aliphatic carbocycles. The Balaban J connectivity index is 1.86. The molecule has 2 amide bonds. The number of nitriles is 1. The first-order valence-corrected chi connectivity index (χ1v) is 8.70. The van der Waals surface area contributed by atoms with Crippen LogP contribution in [0.4, 0.5) is 0 Å². The molecule has 0 bridgehead atoms. The third-order valence-electron chi connectivity index (χ3n) is 4.61. The molecule has 2 aromatic rings.